The largest absolute Gasteiger partial charge is 0.497 e. The van der Waals surface area contributed by atoms with Crippen LogP contribution < -0.4 is 23.7 Å². The minimum Gasteiger partial charge on any atom is -0.497 e. The van der Waals surface area contributed by atoms with E-state index in [0.29, 0.717) is 11.5 Å². The lowest BCUT2D eigenvalue weighted by Crippen LogP contribution is -2.35. The number of benzene rings is 6. The number of hydrogen-bond acceptors (Lipinski definition) is 6. The zero-order chi connectivity index (χ0) is 38.3. The van der Waals surface area contributed by atoms with Crippen molar-refractivity contribution in [2.75, 3.05) is 28.4 Å². The van der Waals surface area contributed by atoms with Gasteiger partial charge in [0, 0.05) is 37.3 Å². The lowest BCUT2D eigenvalue weighted by Gasteiger charge is -2.40. The molecule has 0 atom stereocenters. The van der Waals surface area contributed by atoms with Gasteiger partial charge in [0.25, 0.3) is 0 Å². The molecule has 0 aromatic heterocycles. The molecule has 1 heterocycles. The van der Waals surface area contributed by atoms with Crippen molar-refractivity contribution in [3.05, 3.63) is 143 Å². The normalized spacial score (nSPS) is 14.5. The van der Waals surface area contributed by atoms with Crippen molar-refractivity contribution < 1.29 is 28.1 Å². The van der Waals surface area contributed by atoms with E-state index in [2.05, 4.69) is 80.6 Å². The van der Waals surface area contributed by atoms with Gasteiger partial charge in [-0.15, -0.1) is 0 Å². The maximum atomic E-state index is 13.8. The number of ether oxygens (including phenoxy) is 5. The van der Waals surface area contributed by atoms with Crippen molar-refractivity contribution in [2.24, 2.45) is 0 Å². The Bertz CT molecular complexity index is 2350. The second kappa shape index (κ2) is 14.7. The summed E-state index contributed by atoms with van der Waals surface area (Å²) in [6.45, 7) is 4.55. The quantitative estimate of drug-likeness (QED) is 0.124. The average molecular weight is 753 g/mol. The summed E-state index contributed by atoms with van der Waals surface area (Å²) in [6.07, 6.45) is 8.44. The number of rotatable bonds is 12. The molecule has 0 spiro atoms. The molecule has 6 aromatic rings. The zero-order valence-electron chi connectivity index (χ0n) is 32.1. The van der Waals surface area contributed by atoms with E-state index in [9.17, 15) is 4.39 Å². The number of fused-ring (bicyclic) bond motifs is 8. The molecule has 7 heteroatoms. The molecule has 0 saturated heterocycles. The lowest BCUT2D eigenvalue weighted by molar-refractivity contribution is 0.163. The van der Waals surface area contributed by atoms with E-state index in [1.54, 1.807) is 40.2 Å². The lowest BCUT2D eigenvalue weighted by atomic mass is 9.69. The molecule has 1 aliphatic carbocycles. The standard InChI is InChI=1S/C48H45FO5S/c1-7-24-47(25-8-2)41-27-36(55-35-19-13-32(49)14-20-35)21-22-37(41)44-39-28-42(52-5)43(53-6)29-40(39)46-38(45(44)47)23-26-48(54-46,30-9-15-33(50-3)16-10-30)31-11-17-34(51-4)18-12-31/h9-23,26-29H,7-8,24-25H2,1-6H3. The molecule has 0 N–H and O–H groups in total. The molecule has 0 unspecified atom stereocenters. The summed E-state index contributed by atoms with van der Waals surface area (Å²) in [6, 6.07) is 34.0. The average Bonchev–Trinajstić information content (AvgIpc) is 3.50. The van der Waals surface area contributed by atoms with E-state index in [1.165, 1.54) is 34.4 Å². The van der Waals surface area contributed by atoms with Gasteiger partial charge in [0.15, 0.2) is 17.1 Å². The van der Waals surface area contributed by atoms with Crippen LogP contribution in [-0.2, 0) is 11.0 Å². The van der Waals surface area contributed by atoms with Gasteiger partial charge in [-0.25, -0.2) is 4.39 Å². The first-order valence-corrected chi connectivity index (χ1v) is 19.7. The SMILES string of the molecule is CCCC1(CCC)c2cc(Sc3ccc(F)cc3)ccc2-c2c1c1c(c3cc(OC)c(OC)cc23)OC(c2ccc(OC)cc2)(c2ccc(OC)cc2)C=C1. The maximum absolute atomic E-state index is 13.8. The Balaban J connectivity index is 1.43. The highest BCUT2D eigenvalue weighted by molar-refractivity contribution is 7.99. The van der Waals surface area contributed by atoms with Gasteiger partial charge in [0.2, 0.25) is 0 Å². The van der Waals surface area contributed by atoms with Crippen molar-refractivity contribution in [1.29, 1.82) is 0 Å². The molecule has 6 aromatic carbocycles. The molecule has 0 bridgehead atoms. The van der Waals surface area contributed by atoms with Crippen LogP contribution in [-0.4, -0.2) is 28.4 Å². The summed E-state index contributed by atoms with van der Waals surface area (Å²) in [7, 11) is 6.71. The Kier molecular flexibility index (Phi) is 9.76. The third kappa shape index (κ3) is 6.00. The summed E-state index contributed by atoms with van der Waals surface area (Å²) in [5.74, 6) is 3.40. The van der Waals surface area contributed by atoms with Crippen LogP contribution in [0, 0.1) is 5.82 Å². The van der Waals surface area contributed by atoms with Crippen molar-refractivity contribution >= 4 is 28.6 Å². The van der Waals surface area contributed by atoms with Gasteiger partial charge in [-0.2, -0.15) is 0 Å². The maximum Gasteiger partial charge on any atom is 0.178 e. The van der Waals surface area contributed by atoms with Crippen molar-refractivity contribution in [3.63, 3.8) is 0 Å². The van der Waals surface area contributed by atoms with Crippen molar-refractivity contribution in [2.45, 2.75) is 60.3 Å². The molecule has 0 fully saturated rings. The van der Waals surface area contributed by atoms with E-state index in [1.807, 2.05) is 36.4 Å². The predicted molar refractivity (Wildman–Crippen MR) is 220 cm³/mol. The molecule has 280 valence electrons. The summed E-state index contributed by atoms with van der Waals surface area (Å²) >= 11 is 1.66. The Morgan fingerprint density at radius 3 is 1.75 bits per heavy atom. The summed E-state index contributed by atoms with van der Waals surface area (Å²) in [4.78, 5) is 2.12. The van der Waals surface area contributed by atoms with Crippen LogP contribution in [0.4, 0.5) is 4.39 Å². The second-order valence-electron chi connectivity index (χ2n) is 14.2. The zero-order valence-corrected chi connectivity index (χ0v) is 32.9. The molecule has 0 amide bonds. The fourth-order valence-electron chi connectivity index (χ4n) is 8.87. The topological polar surface area (TPSA) is 46.2 Å². The monoisotopic (exact) mass is 752 g/mol. The van der Waals surface area contributed by atoms with Gasteiger partial charge < -0.3 is 23.7 Å². The number of methoxy groups -OCH3 is 4. The van der Waals surface area contributed by atoms with Gasteiger partial charge in [0.1, 0.15) is 23.1 Å². The van der Waals surface area contributed by atoms with Gasteiger partial charge in [-0.1, -0.05) is 74.9 Å². The van der Waals surface area contributed by atoms with Crippen molar-refractivity contribution in [3.8, 4) is 39.9 Å². The van der Waals surface area contributed by atoms with Crippen LogP contribution in [0.3, 0.4) is 0 Å². The third-order valence-electron chi connectivity index (χ3n) is 11.2. The Hall–Kier alpha value is -5.40. The summed E-state index contributed by atoms with van der Waals surface area (Å²) in [5.41, 5.74) is 6.79. The van der Waals surface area contributed by atoms with Gasteiger partial charge in [-0.3, -0.25) is 0 Å². The van der Waals surface area contributed by atoms with E-state index >= 15 is 0 Å². The van der Waals surface area contributed by atoms with Crippen LogP contribution in [0.1, 0.15) is 67.3 Å². The minimum atomic E-state index is -0.970. The Morgan fingerprint density at radius 1 is 0.636 bits per heavy atom. The molecule has 5 nitrogen and oxygen atoms in total. The second-order valence-corrected chi connectivity index (χ2v) is 15.4. The molecular weight excluding hydrogens is 708 g/mol. The molecular formula is C48H45FO5S. The summed E-state index contributed by atoms with van der Waals surface area (Å²) in [5, 5.41) is 2.00. The fourth-order valence-corrected chi connectivity index (χ4v) is 9.73. The first-order valence-electron chi connectivity index (χ1n) is 18.8. The van der Waals surface area contributed by atoms with Crippen LogP contribution in [0.25, 0.3) is 28.0 Å². The molecule has 0 radical (unpaired) electrons. The molecule has 1 aliphatic heterocycles. The molecule has 8 rings (SSSR count). The molecule has 55 heavy (non-hydrogen) atoms. The number of hydrogen-bond donors (Lipinski definition) is 0. The van der Waals surface area contributed by atoms with Crippen molar-refractivity contribution in [1.82, 2.24) is 0 Å². The highest BCUT2D eigenvalue weighted by Crippen LogP contribution is 2.62. The third-order valence-corrected chi connectivity index (χ3v) is 12.2. The van der Waals surface area contributed by atoms with Gasteiger partial charge in [-0.05, 0) is 119 Å². The Morgan fingerprint density at radius 2 is 1.20 bits per heavy atom. The van der Waals surface area contributed by atoms with Crippen LogP contribution >= 0.6 is 11.8 Å². The Labute approximate surface area is 327 Å². The van der Waals surface area contributed by atoms with Crippen LogP contribution in [0.5, 0.6) is 28.7 Å². The van der Waals surface area contributed by atoms with E-state index in [0.717, 1.165) is 80.2 Å². The fraction of sp³-hybridized carbons (Fsp3) is 0.250. The van der Waals surface area contributed by atoms with E-state index in [4.69, 9.17) is 23.7 Å². The van der Waals surface area contributed by atoms with Gasteiger partial charge in [0.05, 0.1) is 28.4 Å². The highest BCUT2D eigenvalue weighted by Gasteiger charge is 2.48. The van der Waals surface area contributed by atoms with Crippen LogP contribution in [0.2, 0.25) is 0 Å². The predicted octanol–water partition coefficient (Wildman–Crippen LogP) is 12.4. The van der Waals surface area contributed by atoms with E-state index < -0.39 is 5.60 Å². The smallest absolute Gasteiger partial charge is 0.178 e. The highest BCUT2D eigenvalue weighted by atomic mass is 32.2. The molecule has 0 saturated carbocycles. The summed E-state index contributed by atoms with van der Waals surface area (Å²) < 4.78 is 44.5. The first kappa shape index (κ1) is 36.6. The number of halogens is 1. The minimum absolute atomic E-state index is 0.236. The van der Waals surface area contributed by atoms with Crippen LogP contribution in [0.15, 0.2) is 119 Å². The first-order chi connectivity index (χ1) is 26.8. The molecule has 2 aliphatic rings. The van der Waals surface area contributed by atoms with Gasteiger partial charge >= 0.3 is 0 Å². The van der Waals surface area contributed by atoms with E-state index in [-0.39, 0.29) is 11.2 Å².